The molecule has 0 aromatic heterocycles. The van der Waals surface area contributed by atoms with Gasteiger partial charge < -0.3 is 15.4 Å². The Bertz CT molecular complexity index is 457. The van der Waals surface area contributed by atoms with Gasteiger partial charge in [0, 0.05) is 11.6 Å². The quantitative estimate of drug-likeness (QED) is 0.771. The van der Waals surface area contributed by atoms with Crippen molar-refractivity contribution in [3.63, 3.8) is 0 Å². The van der Waals surface area contributed by atoms with Gasteiger partial charge in [0.25, 0.3) is 5.91 Å². The molecule has 0 saturated heterocycles. The average Bonchev–Trinajstić information content (AvgIpc) is 2.46. The van der Waals surface area contributed by atoms with Gasteiger partial charge in [-0.25, -0.2) is 0 Å². The first kappa shape index (κ1) is 17.0. The van der Waals surface area contributed by atoms with E-state index in [1.807, 2.05) is 13.8 Å². The summed E-state index contributed by atoms with van der Waals surface area (Å²) in [6.07, 6.45) is 1.94. The Hall–Kier alpha value is -2.04. The Labute approximate surface area is 126 Å². The highest BCUT2D eigenvalue weighted by atomic mass is 16.5. The number of amides is 2. The van der Waals surface area contributed by atoms with Crippen LogP contribution in [0.3, 0.4) is 0 Å². The lowest BCUT2D eigenvalue weighted by Crippen LogP contribution is -2.40. The second kappa shape index (κ2) is 9.00. The summed E-state index contributed by atoms with van der Waals surface area (Å²) in [4.78, 5) is 23.6. The molecule has 0 fully saturated rings. The average molecular weight is 292 g/mol. The first-order valence-corrected chi connectivity index (χ1v) is 7.37. The van der Waals surface area contributed by atoms with Crippen LogP contribution in [0, 0.1) is 0 Å². The summed E-state index contributed by atoms with van der Waals surface area (Å²) in [6.45, 7) is 6.49. The van der Waals surface area contributed by atoms with E-state index < -0.39 is 0 Å². The summed E-state index contributed by atoms with van der Waals surface area (Å²) < 4.78 is 5.31. The van der Waals surface area contributed by atoms with E-state index in [-0.39, 0.29) is 24.4 Å². The molecule has 2 amide bonds. The molecule has 0 heterocycles. The molecule has 5 nitrogen and oxygen atoms in total. The minimum Gasteiger partial charge on any atom is -0.494 e. The van der Waals surface area contributed by atoms with Gasteiger partial charge in [-0.1, -0.05) is 13.3 Å². The molecule has 0 radical (unpaired) electrons. The highest BCUT2D eigenvalue weighted by Gasteiger charge is 2.10. The van der Waals surface area contributed by atoms with Crippen molar-refractivity contribution >= 4 is 11.8 Å². The van der Waals surface area contributed by atoms with Crippen LogP contribution < -0.4 is 15.4 Å². The molecule has 0 bridgehead atoms. The van der Waals surface area contributed by atoms with Crippen LogP contribution in [0.5, 0.6) is 5.75 Å². The van der Waals surface area contributed by atoms with Gasteiger partial charge in [0.2, 0.25) is 5.91 Å². The molecule has 0 aliphatic heterocycles. The lowest BCUT2D eigenvalue weighted by atomic mass is 10.2. The van der Waals surface area contributed by atoms with Crippen molar-refractivity contribution in [3.8, 4) is 5.75 Å². The van der Waals surface area contributed by atoms with Crippen LogP contribution in [0.15, 0.2) is 24.3 Å². The zero-order valence-electron chi connectivity index (χ0n) is 12.9. The van der Waals surface area contributed by atoms with Crippen molar-refractivity contribution in [2.75, 3.05) is 13.2 Å². The molecule has 1 aromatic carbocycles. The number of rotatable bonds is 8. The zero-order chi connectivity index (χ0) is 15.7. The third kappa shape index (κ3) is 6.29. The number of hydrogen-bond donors (Lipinski definition) is 2. The smallest absolute Gasteiger partial charge is 0.251 e. The Morgan fingerprint density at radius 2 is 1.86 bits per heavy atom. The molecule has 5 heteroatoms. The van der Waals surface area contributed by atoms with Crippen LogP contribution in [-0.4, -0.2) is 31.0 Å². The predicted molar refractivity (Wildman–Crippen MR) is 82.5 cm³/mol. The standard InChI is InChI=1S/C16H24N2O3/c1-4-6-12(3)18-15(19)11-17-16(20)13-7-9-14(10-8-13)21-5-2/h7-10,12H,4-6,11H2,1-3H3,(H,17,20)(H,18,19). The Morgan fingerprint density at radius 3 is 2.43 bits per heavy atom. The van der Waals surface area contributed by atoms with Crippen molar-refractivity contribution in [2.24, 2.45) is 0 Å². The maximum atomic E-state index is 11.9. The number of nitrogens with one attached hydrogen (secondary N) is 2. The van der Waals surface area contributed by atoms with Gasteiger partial charge in [-0.3, -0.25) is 9.59 Å². The van der Waals surface area contributed by atoms with Crippen molar-refractivity contribution in [1.82, 2.24) is 10.6 Å². The van der Waals surface area contributed by atoms with Crippen LogP contribution in [0.2, 0.25) is 0 Å². The Kier molecular flexibility index (Phi) is 7.29. The maximum Gasteiger partial charge on any atom is 0.251 e. The minimum absolute atomic E-state index is 0.0138. The maximum absolute atomic E-state index is 11.9. The Balaban J connectivity index is 2.41. The fourth-order valence-electron chi connectivity index (χ4n) is 1.96. The molecule has 0 aliphatic rings. The monoisotopic (exact) mass is 292 g/mol. The Morgan fingerprint density at radius 1 is 1.19 bits per heavy atom. The third-order valence-electron chi connectivity index (χ3n) is 2.97. The van der Waals surface area contributed by atoms with Crippen molar-refractivity contribution in [3.05, 3.63) is 29.8 Å². The zero-order valence-corrected chi connectivity index (χ0v) is 12.9. The number of hydrogen-bond acceptors (Lipinski definition) is 3. The van der Waals surface area contributed by atoms with Crippen LogP contribution in [0.1, 0.15) is 44.0 Å². The van der Waals surface area contributed by atoms with Crippen LogP contribution in [0.25, 0.3) is 0 Å². The second-order valence-electron chi connectivity index (χ2n) is 4.90. The summed E-state index contributed by atoms with van der Waals surface area (Å²) in [5, 5.41) is 5.45. The summed E-state index contributed by atoms with van der Waals surface area (Å²) in [5.74, 6) is 0.284. The van der Waals surface area contributed by atoms with E-state index in [9.17, 15) is 9.59 Å². The van der Waals surface area contributed by atoms with Gasteiger partial charge in [0.05, 0.1) is 13.2 Å². The fourth-order valence-corrected chi connectivity index (χ4v) is 1.96. The molecule has 2 N–H and O–H groups in total. The predicted octanol–water partition coefficient (Wildman–Crippen LogP) is 2.12. The number of carbonyl (C=O) groups excluding carboxylic acids is 2. The molecule has 1 unspecified atom stereocenters. The van der Waals surface area contributed by atoms with Crippen LogP contribution in [-0.2, 0) is 4.79 Å². The number of carbonyl (C=O) groups is 2. The van der Waals surface area contributed by atoms with Crippen molar-refractivity contribution in [2.45, 2.75) is 39.7 Å². The molecule has 1 aromatic rings. The molecular formula is C16H24N2O3. The van der Waals surface area contributed by atoms with Crippen molar-refractivity contribution in [1.29, 1.82) is 0 Å². The second-order valence-corrected chi connectivity index (χ2v) is 4.90. The normalized spacial score (nSPS) is 11.6. The topological polar surface area (TPSA) is 67.4 Å². The number of ether oxygens (including phenoxy) is 1. The molecule has 1 atom stereocenters. The largest absolute Gasteiger partial charge is 0.494 e. The first-order chi connectivity index (χ1) is 10.1. The summed E-state index contributed by atoms with van der Waals surface area (Å²) in [6, 6.07) is 6.96. The highest BCUT2D eigenvalue weighted by molar-refractivity contribution is 5.96. The van der Waals surface area contributed by atoms with Gasteiger partial charge in [0.15, 0.2) is 0 Å². The molecular weight excluding hydrogens is 268 g/mol. The van der Waals surface area contributed by atoms with E-state index in [1.165, 1.54) is 0 Å². The van der Waals surface area contributed by atoms with Gasteiger partial charge in [-0.15, -0.1) is 0 Å². The summed E-state index contributed by atoms with van der Waals surface area (Å²) in [5.41, 5.74) is 0.507. The van der Waals surface area contributed by atoms with Crippen LogP contribution >= 0.6 is 0 Å². The van der Waals surface area contributed by atoms with Crippen LogP contribution in [0.4, 0.5) is 0 Å². The number of benzene rings is 1. The van der Waals surface area contributed by atoms with E-state index in [2.05, 4.69) is 17.6 Å². The fraction of sp³-hybridized carbons (Fsp3) is 0.500. The summed E-state index contributed by atoms with van der Waals surface area (Å²) in [7, 11) is 0. The van der Waals surface area contributed by atoms with Gasteiger partial charge in [-0.05, 0) is 44.5 Å². The lowest BCUT2D eigenvalue weighted by molar-refractivity contribution is -0.120. The molecule has 1 rings (SSSR count). The highest BCUT2D eigenvalue weighted by Crippen LogP contribution is 2.11. The van der Waals surface area contributed by atoms with Gasteiger partial charge in [-0.2, -0.15) is 0 Å². The van der Waals surface area contributed by atoms with E-state index in [0.29, 0.717) is 12.2 Å². The van der Waals surface area contributed by atoms with E-state index in [0.717, 1.165) is 18.6 Å². The van der Waals surface area contributed by atoms with Crippen molar-refractivity contribution < 1.29 is 14.3 Å². The SMILES string of the molecule is CCCC(C)NC(=O)CNC(=O)c1ccc(OCC)cc1. The summed E-state index contributed by atoms with van der Waals surface area (Å²) >= 11 is 0. The molecule has 0 spiro atoms. The van der Waals surface area contributed by atoms with Gasteiger partial charge in [0.1, 0.15) is 5.75 Å². The molecule has 21 heavy (non-hydrogen) atoms. The molecule has 0 saturated carbocycles. The lowest BCUT2D eigenvalue weighted by Gasteiger charge is -2.13. The third-order valence-corrected chi connectivity index (χ3v) is 2.97. The van der Waals surface area contributed by atoms with Gasteiger partial charge >= 0.3 is 0 Å². The minimum atomic E-state index is -0.267. The van der Waals surface area contributed by atoms with E-state index >= 15 is 0 Å². The molecule has 116 valence electrons. The van der Waals surface area contributed by atoms with E-state index in [4.69, 9.17) is 4.74 Å². The van der Waals surface area contributed by atoms with E-state index in [1.54, 1.807) is 24.3 Å². The first-order valence-electron chi connectivity index (χ1n) is 7.37. The molecule has 0 aliphatic carbocycles.